The second kappa shape index (κ2) is 13.2. The second-order valence-corrected chi connectivity index (χ2v) is 11.1. The summed E-state index contributed by atoms with van der Waals surface area (Å²) in [5.74, 6) is -1.69. The van der Waals surface area contributed by atoms with Gasteiger partial charge in [0.15, 0.2) is 5.13 Å². The number of amides is 1. The number of carbonyl (C=O) groups is 2. The maximum absolute atomic E-state index is 15.8. The van der Waals surface area contributed by atoms with Gasteiger partial charge in [0.2, 0.25) is 0 Å². The van der Waals surface area contributed by atoms with Crippen LogP contribution in [-0.4, -0.2) is 93.8 Å². The topological polar surface area (TPSA) is 90.0 Å². The average Bonchev–Trinajstić information content (AvgIpc) is 3.44. The van der Waals surface area contributed by atoms with E-state index in [1.807, 2.05) is 30.7 Å². The molecule has 2 atom stereocenters. The molecule has 0 bridgehead atoms. The Morgan fingerprint density at radius 3 is 2.40 bits per heavy atom. The number of benzene rings is 1. The van der Waals surface area contributed by atoms with Crippen LogP contribution in [0, 0.1) is 5.82 Å². The predicted octanol–water partition coefficient (Wildman–Crippen LogP) is 4.04. The van der Waals surface area contributed by atoms with Crippen molar-refractivity contribution in [3.63, 3.8) is 0 Å². The van der Waals surface area contributed by atoms with Gasteiger partial charge in [-0.15, -0.1) is 11.3 Å². The van der Waals surface area contributed by atoms with Crippen molar-refractivity contribution >= 4 is 40.0 Å². The molecule has 0 radical (unpaired) electrons. The molecule has 1 aromatic heterocycles. The van der Waals surface area contributed by atoms with Crippen molar-refractivity contribution in [2.24, 2.45) is 0 Å². The third-order valence-electron chi connectivity index (χ3n) is 7.45. The van der Waals surface area contributed by atoms with Crippen LogP contribution in [0.3, 0.4) is 0 Å². The Balaban J connectivity index is 1.77. The molecule has 2 fully saturated rings. The first-order chi connectivity index (χ1) is 19.9. The molecule has 228 valence electrons. The molecule has 2 saturated heterocycles. The Hall–Kier alpha value is -3.49. The first-order valence-electron chi connectivity index (χ1n) is 13.4. The number of aldehydes is 1. The van der Waals surface area contributed by atoms with E-state index in [9.17, 15) is 22.8 Å². The standard InChI is InChI=1S/C28H34F4N6O3S/c1-17-14-38(15-18(2)36(17)4)25-12-22(29)19(24-16-42-27(35-24)37-6-9-41-10-7-37)11-23(25)34-26(40)20(13-33-3)21(5-8-39)28(30,31)32/h5,8,11-13,16-18,33H,6-7,9-10,14-15H2,1-4H3,(H,34,40)/b20-13+,21-5+. The third kappa shape index (κ3) is 6.93. The highest BCUT2D eigenvalue weighted by Gasteiger charge is 2.39. The van der Waals surface area contributed by atoms with Crippen molar-refractivity contribution in [1.82, 2.24) is 15.2 Å². The second-order valence-electron chi connectivity index (χ2n) is 10.2. The largest absolute Gasteiger partial charge is 0.417 e. The van der Waals surface area contributed by atoms with Gasteiger partial charge in [-0.1, -0.05) is 0 Å². The van der Waals surface area contributed by atoms with Gasteiger partial charge in [-0.05, 0) is 33.0 Å². The molecule has 0 spiro atoms. The summed E-state index contributed by atoms with van der Waals surface area (Å²) < 4.78 is 62.6. The minimum absolute atomic E-state index is 0.0255. The molecule has 4 rings (SSSR count). The molecule has 9 nitrogen and oxygen atoms in total. The lowest BCUT2D eigenvalue weighted by Crippen LogP contribution is -2.55. The van der Waals surface area contributed by atoms with Gasteiger partial charge < -0.3 is 25.2 Å². The fourth-order valence-electron chi connectivity index (χ4n) is 5.01. The highest BCUT2D eigenvalue weighted by atomic mass is 32.1. The van der Waals surface area contributed by atoms with E-state index in [4.69, 9.17) is 4.74 Å². The van der Waals surface area contributed by atoms with Gasteiger partial charge in [-0.3, -0.25) is 14.5 Å². The average molecular weight is 611 g/mol. The van der Waals surface area contributed by atoms with E-state index in [2.05, 4.69) is 20.5 Å². The molecule has 2 aliphatic heterocycles. The zero-order valence-corrected chi connectivity index (χ0v) is 24.6. The van der Waals surface area contributed by atoms with Crippen LogP contribution >= 0.6 is 11.3 Å². The minimum Gasteiger partial charge on any atom is -0.393 e. The van der Waals surface area contributed by atoms with Crippen LogP contribution in [-0.2, 0) is 14.3 Å². The highest BCUT2D eigenvalue weighted by Crippen LogP contribution is 2.38. The Bertz CT molecular complexity index is 1340. The van der Waals surface area contributed by atoms with Gasteiger partial charge >= 0.3 is 6.18 Å². The number of piperazine rings is 1. The van der Waals surface area contributed by atoms with E-state index >= 15 is 4.39 Å². The number of hydrogen-bond acceptors (Lipinski definition) is 9. The Labute approximate surface area is 245 Å². The molecule has 2 unspecified atom stereocenters. The van der Waals surface area contributed by atoms with Gasteiger partial charge in [0.1, 0.15) is 12.1 Å². The number of hydrogen-bond donors (Lipinski definition) is 2. The molecule has 2 aromatic rings. The van der Waals surface area contributed by atoms with Crippen LogP contribution in [0.2, 0.25) is 0 Å². The van der Waals surface area contributed by atoms with Crippen molar-refractivity contribution < 1.29 is 31.9 Å². The number of rotatable bonds is 8. The zero-order valence-electron chi connectivity index (χ0n) is 23.8. The van der Waals surface area contributed by atoms with Gasteiger partial charge in [0.05, 0.1) is 41.4 Å². The Morgan fingerprint density at radius 2 is 1.81 bits per heavy atom. The number of halogens is 4. The lowest BCUT2D eigenvalue weighted by molar-refractivity contribution is -0.115. The normalized spacial score (nSPS) is 21.0. The maximum atomic E-state index is 15.8. The number of morpholine rings is 1. The summed E-state index contributed by atoms with van der Waals surface area (Å²) in [5, 5.41) is 7.41. The number of thiazole rings is 1. The number of alkyl halides is 3. The summed E-state index contributed by atoms with van der Waals surface area (Å²) in [6, 6.07) is 2.86. The first kappa shape index (κ1) is 31.4. The minimum atomic E-state index is -4.98. The summed E-state index contributed by atoms with van der Waals surface area (Å²) >= 11 is 1.34. The Morgan fingerprint density at radius 1 is 1.14 bits per heavy atom. The smallest absolute Gasteiger partial charge is 0.393 e. The first-order valence-corrected chi connectivity index (χ1v) is 14.3. The number of nitrogens with zero attached hydrogens (tertiary/aromatic N) is 4. The highest BCUT2D eigenvalue weighted by molar-refractivity contribution is 7.14. The number of ether oxygens (including phenoxy) is 1. The summed E-state index contributed by atoms with van der Waals surface area (Å²) in [4.78, 5) is 35.2. The van der Waals surface area contributed by atoms with Gasteiger partial charge in [0, 0.05) is 68.5 Å². The van der Waals surface area contributed by atoms with Crippen molar-refractivity contribution in [2.45, 2.75) is 32.1 Å². The van der Waals surface area contributed by atoms with Crippen molar-refractivity contribution in [1.29, 1.82) is 0 Å². The summed E-state index contributed by atoms with van der Waals surface area (Å²) in [6.07, 6.45) is -3.83. The number of aromatic nitrogens is 1. The lowest BCUT2D eigenvalue weighted by atomic mass is 10.0. The van der Waals surface area contributed by atoms with E-state index in [-0.39, 0.29) is 29.6 Å². The van der Waals surface area contributed by atoms with Gasteiger partial charge in [-0.25, -0.2) is 9.37 Å². The molecule has 2 N–H and O–H groups in total. The molecule has 0 saturated carbocycles. The number of allylic oxidation sites excluding steroid dienone is 1. The van der Waals surface area contributed by atoms with E-state index in [1.54, 1.807) is 5.38 Å². The van der Waals surface area contributed by atoms with Crippen molar-refractivity contribution in [2.75, 3.05) is 68.6 Å². The quantitative estimate of drug-likeness (QED) is 0.201. The summed E-state index contributed by atoms with van der Waals surface area (Å²) in [5.41, 5.74) is -1.32. The third-order valence-corrected chi connectivity index (χ3v) is 8.35. The molecular weight excluding hydrogens is 576 g/mol. The fraction of sp³-hybridized carbons (Fsp3) is 0.464. The van der Waals surface area contributed by atoms with E-state index in [0.29, 0.717) is 62.0 Å². The van der Waals surface area contributed by atoms with Crippen molar-refractivity contribution in [3.8, 4) is 11.3 Å². The van der Waals surface area contributed by atoms with Gasteiger partial charge in [0.25, 0.3) is 5.91 Å². The van der Waals surface area contributed by atoms with Crippen LogP contribution in [0.5, 0.6) is 0 Å². The molecule has 3 heterocycles. The van der Waals surface area contributed by atoms with Crippen LogP contribution in [0.4, 0.5) is 34.1 Å². The molecule has 0 aliphatic carbocycles. The van der Waals surface area contributed by atoms with Crippen molar-refractivity contribution in [3.05, 3.63) is 46.8 Å². The number of likely N-dealkylation sites (N-methyl/N-ethyl adjacent to an activating group) is 1. The molecule has 14 heteroatoms. The van der Waals surface area contributed by atoms with Crippen LogP contribution in [0.1, 0.15) is 13.8 Å². The molecule has 2 aliphatic rings. The molecule has 1 aromatic carbocycles. The van der Waals surface area contributed by atoms with Gasteiger partial charge in [-0.2, -0.15) is 13.2 Å². The molecular formula is C28H34F4N6O3S. The number of carbonyl (C=O) groups excluding carboxylic acids is 2. The molecule has 1 amide bonds. The van der Waals surface area contributed by atoms with Crippen LogP contribution < -0.4 is 20.4 Å². The fourth-order valence-corrected chi connectivity index (χ4v) is 5.89. The summed E-state index contributed by atoms with van der Waals surface area (Å²) in [7, 11) is 3.32. The van der Waals surface area contributed by atoms with Crippen LogP contribution in [0.25, 0.3) is 11.3 Å². The van der Waals surface area contributed by atoms with Crippen LogP contribution in [0.15, 0.2) is 40.9 Å². The molecule has 42 heavy (non-hydrogen) atoms. The summed E-state index contributed by atoms with van der Waals surface area (Å²) in [6.45, 7) is 7.42. The number of nitrogens with one attached hydrogen (secondary N) is 2. The maximum Gasteiger partial charge on any atom is 0.417 e. The van der Waals surface area contributed by atoms with E-state index < -0.39 is 29.0 Å². The Kier molecular flexibility index (Phi) is 9.89. The zero-order chi connectivity index (χ0) is 30.6. The predicted molar refractivity (Wildman–Crippen MR) is 155 cm³/mol. The van der Waals surface area contributed by atoms with E-state index in [0.717, 1.165) is 6.20 Å². The van der Waals surface area contributed by atoms with E-state index in [1.165, 1.54) is 30.5 Å². The lowest BCUT2D eigenvalue weighted by Gasteiger charge is -2.44. The number of anilines is 3. The monoisotopic (exact) mass is 610 g/mol. The SMILES string of the molecule is CN/C=C(C(=O)Nc1cc(-c2csc(N3CCOCC3)n2)c(F)cc1N1CC(C)N(C)C(C)C1)\C(=C/C=O)C(F)(F)F.